The molecular weight excluding hydrogens is 304 g/mol. The van der Waals surface area contributed by atoms with Crippen LogP contribution in [0, 0.1) is 0 Å². The van der Waals surface area contributed by atoms with Crippen LogP contribution in [0.3, 0.4) is 0 Å². The average molecular weight is 322 g/mol. The fourth-order valence-corrected chi connectivity index (χ4v) is 3.36. The third-order valence-electron chi connectivity index (χ3n) is 4.69. The van der Waals surface area contributed by atoms with Gasteiger partial charge in [0.05, 0.1) is 42.3 Å². The summed E-state index contributed by atoms with van der Waals surface area (Å²) in [7, 11) is 1.94. The van der Waals surface area contributed by atoms with Crippen molar-refractivity contribution in [3.8, 4) is 0 Å². The molecule has 24 heavy (non-hydrogen) atoms. The first-order valence-corrected chi connectivity index (χ1v) is 7.93. The van der Waals surface area contributed by atoms with E-state index in [-0.39, 0.29) is 18.6 Å². The van der Waals surface area contributed by atoms with E-state index in [0.29, 0.717) is 18.5 Å². The molecule has 6 heteroatoms. The van der Waals surface area contributed by atoms with Crippen LogP contribution in [0.4, 0.5) is 0 Å². The molecule has 1 aliphatic heterocycles. The molecule has 1 N–H and O–H groups in total. The number of aliphatic hydroxyl groups is 1. The number of hydrogen-bond acceptors (Lipinski definition) is 4. The van der Waals surface area contributed by atoms with Gasteiger partial charge in [0.15, 0.2) is 0 Å². The van der Waals surface area contributed by atoms with E-state index < -0.39 is 0 Å². The van der Waals surface area contributed by atoms with Crippen molar-refractivity contribution in [2.24, 2.45) is 7.05 Å². The zero-order chi connectivity index (χ0) is 16.7. The van der Waals surface area contributed by atoms with Crippen molar-refractivity contribution in [2.45, 2.75) is 19.0 Å². The van der Waals surface area contributed by atoms with Gasteiger partial charge in [-0.1, -0.05) is 18.2 Å². The van der Waals surface area contributed by atoms with Gasteiger partial charge in [0.2, 0.25) is 0 Å². The lowest BCUT2D eigenvalue weighted by Gasteiger charge is -2.34. The summed E-state index contributed by atoms with van der Waals surface area (Å²) < 4.78 is 1.96. The molecule has 0 bridgehead atoms. The largest absolute Gasteiger partial charge is 0.394 e. The van der Waals surface area contributed by atoms with Gasteiger partial charge in [-0.15, -0.1) is 0 Å². The van der Waals surface area contributed by atoms with Gasteiger partial charge < -0.3 is 14.6 Å². The van der Waals surface area contributed by atoms with E-state index in [4.69, 9.17) is 0 Å². The maximum absolute atomic E-state index is 13.2. The lowest BCUT2D eigenvalue weighted by molar-refractivity contribution is 0.0538. The van der Waals surface area contributed by atoms with Crippen molar-refractivity contribution < 1.29 is 9.90 Å². The van der Waals surface area contributed by atoms with E-state index in [1.807, 2.05) is 35.9 Å². The molecule has 3 aromatic rings. The van der Waals surface area contributed by atoms with Gasteiger partial charge in [0.1, 0.15) is 0 Å². The van der Waals surface area contributed by atoms with Gasteiger partial charge in [0, 0.05) is 30.7 Å². The Morgan fingerprint density at radius 1 is 1.29 bits per heavy atom. The molecule has 0 unspecified atom stereocenters. The number of imidazole rings is 1. The Morgan fingerprint density at radius 2 is 2.12 bits per heavy atom. The van der Waals surface area contributed by atoms with Crippen LogP contribution in [0.5, 0.6) is 0 Å². The van der Waals surface area contributed by atoms with Crippen molar-refractivity contribution >= 4 is 16.8 Å². The second-order valence-electron chi connectivity index (χ2n) is 6.10. The number of aryl methyl sites for hydroxylation is 1. The van der Waals surface area contributed by atoms with Crippen LogP contribution in [0.25, 0.3) is 10.9 Å². The maximum atomic E-state index is 13.2. The molecule has 6 nitrogen and oxygen atoms in total. The summed E-state index contributed by atoms with van der Waals surface area (Å²) in [6.45, 7) is 0.344. The predicted molar refractivity (Wildman–Crippen MR) is 89.4 cm³/mol. The number of rotatable bonds is 2. The van der Waals surface area contributed by atoms with Crippen molar-refractivity contribution in [1.82, 2.24) is 19.4 Å². The average Bonchev–Trinajstić information content (AvgIpc) is 2.99. The zero-order valence-electron chi connectivity index (χ0n) is 13.4. The third kappa shape index (κ3) is 2.27. The maximum Gasteiger partial charge on any atom is 0.255 e. The number of aromatic nitrogens is 3. The van der Waals surface area contributed by atoms with Gasteiger partial charge in [-0.25, -0.2) is 4.98 Å². The molecule has 4 rings (SSSR count). The van der Waals surface area contributed by atoms with E-state index in [9.17, 15) is 9.90 Å². The zero-order valence-corrected chi connectivity index (χ0v) is 13.4. The molecule has 1 aliphatic rings. The summed E-state index contributed by atoms with van der Waals surface area (Å²) >= 11 is 0. The Kier molecular flexibility index (Phi) is 3.54. The summed E-state index contributed by atoms with van der Waals surface area (Å²) in [5, 5.41) is 10.6. The standard InChI is InChI=1S/C18H18N4O2/c1-21-11-20-16-9-22(12(10-23)8-17(16)21)18(24)14-6-7-19-15-5-3-2-4-13(14)15/h2-7,11-12,23H,8-10H2,1H3/t12-/m0/s1. The molecule has 0 spiro atoms. The van der Waals surface area contributed by atoms with Gasteiger partial charge in [-0.05, 0) is 12.1 Å². The number of carbonyl (C=O) groups excluding carboxylic acids is 1. The number of benzene rings is 1. The van der Waals surface area contributed by atoms with Gasteiger partial charge in [-0.2, -0.15) is 0 Å². The molecule has 1 aromatic carbocycles. The summed E-state index contributed by atoms with van der Waals surface area (Å²) in [4.78, 5) is 23.6. The monoisotopic (exact) mass is 322 g/mol. The fraction of sp³-hybridized carbons (Fsp3) is 0.278. The molecule has 1 atom stereocenters. The Balaban J connectivity index is 1.75. The highest BCUT2D eigenvalue weighted by Crippen LogP contribution is 2.26. The number of nitrogens with zero attached hydrogens (tertiary/aromatic N) is 4. The van der Waals surface area contributed by atoms with E-state index in [0.717, 1.165) is 22.3 Å². The molecule has 3 heterocycles. The number of pyridine rings is 1. The normalized spacial score (nSPS) is 17.1. The number of amides is 1. The van der Waals surface area contributed by atoms with Crippen LogP contribution < -0.4 is 0 Å². The van der Waals surface area contributed by atoms with E-state index >= 15 is 0 Å². The Bertz CT molecular complexity index is 913. The topological polar surface area (TPSA) is 71.2 Å². The molecule has 122 valence electrons. The summed E-state index contributed by atoms with van der Waals surface area (Å²) in [5.41, 5.74) is 3.38. The molecule has 0 saturated carbocycles. The van der Waals surface area contributed by atoms with Crippen LogP contribution in [0.2, 0.25) is 0 Å². The SMILES string of the molecule is Cn1cnc2c1C[C@@H](CO)N(C(=O)c1ccnc3ccccc13)C2. The summed E-state index contributed by atoms with van der Waals surface area (Å²) in [6, 6.07) is 9.10. The molecular formula is C18H18N4O2. The lowest BCUT2D eigenvalue weighted by atomic mass is 10.0. The summed E-state index contributed by atoms with van der Waals surface area (Å²) in [6.07, 6.45) is 4.02. The Morgan fingerprint density at radius 3 is 2.96 bits per heavy atom. The minimum Gasteiger partial charge on any atom is -0.394 e. The molecule has 0 fully saturated rings. The van der Waals surface area contributed by atoms with Crippen molar-refractivity contribution in [2.75, 3.05) is 6.61 Å². The minimum absolute atomic E-state index is 0.0701. The first-order chi connectivity index (χ1) is 11.7. The molecule has 0 radical (unpaired) electrons. The highest BCUT2D eigenvalue weighted by Gasteiger charge is 2.32. The number of fused-ring (bicyclic) bond motifs is 2. The number of para-hydroxylation sites is 1. The molecule has 1 amide bonds. The smallest absolute Gasteiger partial charge is 0.255 e. The van der Waals surface area contributed by atoms with Crippen LogP contribution >= 0.6 is 0 Å². The molecule has 2 aromatic heterocycles. The van der Waals surface area contributed by atoms with E-state index in [1.54, 1.807) is 23.5 Å². The van der Waals surface area contributed by atoms with Crippen LogP contribution in [-0.2, 0) is 20.0 Å². The lowest BCUT2D eigenvalue weighted by Crippen LogP contribution is -2.46. The van der Waals surface area contributed by atoms with Crippen molar-refractivity contribution in [1.29, 1.82) is 0 Å². The van der Waals surface area contributed by atoms with Gasteiger partial charge >= 0.3 is 0 Å². The second-order valence-corrected chi connectivity index (χ2v) is 6.10. The van der Waals surface area contributed by atoms with Gasteiger partial charge in [-0.3, -0.25) is 9.78 Å². The Hall–Kier alpha value is -2.73. The fourth-order valence-electron chi connectivity index (χ4n) is 3.36. The van der Waals surface area contributed by atoms with E-state index in [1.165, 1.54) is 0 Å². The Labute approximate surface area is 139 Å². The van der Waals surface area contributed by atoms with Crippen LogP contribution in [-0.4, -0.2) is 43.1 Å². The number of hydrogen-bond donors (Lipinski definition) is 1. The first-order valence-electron chi connectivity index (χ1n) is 7.93. The summed E-state index contributed by atoms with van der Waals surface area (Å²) in [5.74, 6) is -0.0936. The van der Waals surface area contributed by atoms with E-state index in [2.05, 4.69) is 9.97 Å². The quantitative estimate of drug-likeness (QED) is 0.777. The highest BCUT2D eigenvalue weighted by atomic mass is 16.3. The predicted octanol–water partition coefficient (Wildman–Crippen LogP) is 1.53. The van der Waals surface area contributed by atoms with Crippen LogP contribution in [0.1, 0.15) is 21.7 Å². The molecule has 0 aliphatic carbocycles. The molecule has 0 saturated heterocycles. The number of carbonyl (C=O) groups is 1. The minimum atomic E-state index is -0.243. The van der Waals surface area contributed by atoms with Crippen molar-refractivity contribution in [3.05, 3.63) is 59.8 Å². The third-order valence-corrected chi connectivity index (χ3v) is 4.69. The number of aliphatic hydroxyl groups excluding tert-OH is 1. The first kappa shape index (κ1) is 14.8. The van der Waals surface area contributed by atoms with Crippen LogP contribution in [0.15, 0.2) is 42.9 Å². The highest BCUT2D eigenvalue weighted by molar-refractivity contribution is 6.06. The van der Waals surface area contributed by atoms with Gasteiger partial charge in [0.25, 0.3) is 5.91 Å². The van der Waals surface area contributed by atoms with Crippen molar-refractivity contribution in [3.63, 3.8) is 0 Å². The second kappa shape index (κ2) is 5.72.